The number of hydrogen-bond acceptors (Lipinski definition) is 1. The van der Waals surface area contributed by atoms with Crippen molar-refractivity contribution < 1.29 is 0 Å². The summed E-state index contributed by atoms with van der Waals surface area (Å²) in [7, 11) is 0. The molecule has 0 bridgehead atoms. The molecule has 1 fully saturated rings. The molecule has 0 aromatic heterocycles. The second kappa shape index (κ2) is 6.41. The minimum Gasteiger partial charge on any atom is -0.312 e. The molecule has 18 heavy (non-hydrogen) atoms. The summed E-state index contributed by atoms with van der Waals surface area (Å²) in [6.07, 6.45) is 4.32. The zero-order chi connectivity index (χ0) is 13.9. The van der Waals surface area contributed by atoms with Crippen LogP contribution >= 0.6 is 0 Å². The molecule has 0 saturated heterocycles. The lowest BCUT2D eigenvalue weighted by molar-refractivity contribution is 0.105. The molecule has 1 heteroatoms. The van der Waals surface area contributed by atoms with Gasteiger partial charge in [-0.25, -0.2) is 0 Å². The van der Waals surface area contributed by atoms with E-state index >= 15 is 0 Å². The smallest absolute Gasteiger partial charge is 0.00966 e. The molecule has 1 saturated carbocycles. The lowest BCUT2D eigenvalue weighted by atomic mass is 9.67. The topological polar surface area (TPSA) is 12.0 Å². The summed E-state index contributed by atoms with van der Waals surface area (Å²) in [5.74, 6) is 4.46. The zero-order valence-electron chi connectivity index (χ0n) is 13.7. The van der Waals surface area contributed by atoms with Crippen LogP contribution in [-0.2, 0) is 0 Å². The molecule has 1 rings (SSSR count). The molecule has 1 nitrogen and oxygen atoms in total. The fourth-order valence-corrected chi connectivity index (χ4v) is 3.41. The van der Waals surface area contributed by atoms with Crippen LogP contribution in [0.25, 0.3) is 0 Å². The average molecular weight is 253 g/mol. The minimum atomic E-state index is 0.260. The standard InChI is InChI=1S/C17H35N/c1-12(2)14-8-9-15(11-18-17(5,6)7)16(10-14)13(3)4/h12-16,18H,8-11H2,1-7H3. The maximum Gasteiger partial charge on any atom is 0.00966 e. The van der Waals surface area contributed by atoms with E-state index in [-0.39, 0.29) is 5.54 Å². The molecule has 1 aliphatic rings. The first-order valence-corrected chi connectivity index (χ1v) is 7.95. The van der Waals surface area contributed by atoms with E-state index in [1.807, 2.05) is 0 Å². The molecular weight excluding hydrogens is 218 g/mol. The SMILES string of the molecule is CC(C)C1CCC(CNC(C)(C)C)C(C(C)C)C1. The fraction of sp³-hybridized carbons (Fsp3) is 1.00. The van der Waals surface area contributed by atoms with Gasteiger partial charge in [0.1, 0.15) is 0 Å². The van der Waals surface area contributed by atoms with Gasteiger partial charge >= 0.3 is 0 Å². The molecule has 0 aliphatic heterocycles. The first-order chi connectivity index (χ1) is 8.20. The van der Waals surface area contributed by atoms with Crippen molar-refractivity contribution in [3.63, 3.8) is 0 Å². The third kappa shape index (κ3) is 4.91. The second-order valence-corrected chi connectivity index (χ2v) is 8.12. The van der Waals surface area contributed by atoms with Crippen LogP contribution in [0.5, 0.6) is 0 Å². The van der Waals surface area contributed by atoms with E-state index in [4.69, 9.17) is 0 Å². The second-order valence-electron chi connectivity index (χ2n) is 8.12. The Morgan fingerprint density at radius 1 is 1.00 bits per heavy atom. The van der Waals surface area contributed by atoms with Gasteiger partial charge in [-0.1, -0.05) is 27.7 Å². The molecule has 0 heterocycles. The van der Waals surface area contributed by atoms with Gasteiger partial charge in [-0.3, -0.25) is 0 Å². The van der Waals surface area contributed by atoms with Gasteiger partial charge in [0.15, 0.2) is 0 Å². The summed E-state index contributed by atoms with van der Waals surface area (Å²) in [5, 5.41) is 3.72. The first kappa shape index (κ1) is 16.0. The van der Waals surface area contributed by atoms with Crippen molar-refractivity contribution in [1.29, 1.82) is 0 Å². The van der Waals surface area contributed by atoms with E-state index in [0.717, 1.165) is 29.6 Å². The van der Waals surface area contributed by atoms with Crippen LogP contribution in [0.4, 0.5) is 0 Å². The van der Waals surface area contributed by atoms with Crippen LogP contribution in [0.2, 0.25) is 0 Å². The monoisotopic (exact) mass is 253 g/mol. The van der Waals surface area contributed by atoms with Crippen molar-refractivity contribution in [2.75, 3.05) is 6.54 Å². The molecule has 0 spiro atoms. The van der Waals surface area contributed by atoms with E-state index in [0.29, 0.717) is 0 Å². The van der Waals surface area contributed by atoms with Crippen molar-refractivity contribution in [2.45, 2.75) is 73.3 Å². The van der Waals surface area contributed by atoms with Gasteiger partial charge in [-0.05, 0) is 76.2 Å². The molecule has 3 unspecified atom stereocenters. The molecule has 1 aliphatic carbocycles. The molecule has 3 atom stereocenters. The van der Waals surface area contributed by atoms with Crippen molar-refractivity contribution in [3.8, 4) is 0 Å². The van der Waals surface area contributed by atoms with E-state index < -0.39 is 0 Å². The quantitative estimate of drug-likeness (QED) is 0.764. The van der Waals surface area contributed by atoms with Gasteiger partial charge < -0.3 is 5.32 Å². The van der Waals surface area contributed by atoms with Gasteiger partial charge in [0.05, 0.1) is 0 Å². The summed E-state index contributed by atoms with van der Waals surface area (Å²) in [5.41, 5.74) is 0.260. The highest BCUT2D eigenvalue weighted by molar-refractivity contribution is 4.85. The summed E-state index contributed by atoms with van der Waals surface area (Å²) in [6.45, 7) is 17.7. The Morgan fingerprint density at radius 3 is 2.06 bits per heavy atom. The predicted octanol–water partition coefficient (Wildman–Crippen LogP) is 4.72. The highest BCUT2D eigenvalue weighted by atomic mass is 14.9. The maximum atomic E-state index is 3.72. The van der Waals surface area contributed by atoms with Crippen molar-refractivity contribution in [3.05, 3.63) is 0 Å². The van der Waals surface area contributed by atoms with Crippen molar-refractivity contribution in [2.24, 2.45) is 29.6 Å². The van der Waals surface area contributed by atoms with Gasteiger partial charge in [0.25, 0.3) is 0 Å². The van der Waals surface area contributed by atoms with Crippen LogP contribution in [0, 0.1) is 29.6 Å². The van der Waals surface area contributed by atoms with Gasteiger partial charge in [0, 0.05) is 5.54 Å². The molecule has 0 aromatic rings. The number of nitrogens with one attached hydrogen (secondary N) is 1. The third-order valence-electron chi connectivity index (χ3n) is 4.78. The van der Waals surface area contributed by atoms with E-state index in [9.17, 15) is 0 Å². The fourth-order valence-electron chi connectivity index (χ4n) is 3.41. The normalized spacial score (nSPS) is 30.2. The van der Waals surface area contributed by atoms with Crippen LogP contribution in [0.3, 0.4) is 0 Å². The van der Waals surface area contributed by atoms with E-state index in [2.05, 4.69) is 53.8 Å². The Bertz CT molecular complexity index is 236. The lowest BCUT2D eigenvalue weighted by Gasteiger charge is -2.41. The summed E-state index contributed by atoms with van der Waals surface area (Å²) in [6, 6.07) is 0. The number of rotatable bonds is 4. The molecule has 0 amide bonds. The Balaban J connectivity index is 2.57. The molecule has 108 valence electrons. The molecule has 1 N–H and O–H groups in total. The number of hydrogen-bond donors (Lipinski definition) is 1. The Hall–Kier alpha value is -0.0400. The van der Waals surface area contributed by atoms with E-state index in [1.165, 1.54) is 25.8 Å². The summed E-state index contributed by atoms with van der Waals surface area (Å²) >= 11 is 0. The van der Waals surface area contributed by atoms with Gasteiger partial charge in [-0.2, -0.15) is 0 Å². The molecule has 0 radical (unpaired) electrons. The predicted molar refractivity (Wildman–Crippen MR) is 81.8 cm³/mol. The van der Waals surface area contributed by atoms with Crippen LogP contribution in [0.1, 0.15) is 67.7 Å². The first-order valence-electron chi connectivity index (χ1n) is 7.95. The molecular formula is C17H35N. The Kier molecular flexibility index (Phi) is 5.70. The lowest BCUT2D eigenvalue weighted by Crippen LogP contribution is -2.43. The van der Waals surface area contributed by atoms with E-state index in [1.54, 1.807) is 0 Å². The maximum absolute atomic E-state index is 3.72. The average Bonchev–Trinajstić information content (AvgIpc) is 2.24. The van der Waals surface area contributed by atoms with Crippen molar-refractivity contribution in [1.82, 2.24) is 5.32 Å². The minimum absolute atomic E-state index is 0.260. The van der Waals surface area contributed by atoms with Crippen LogP contribution in [0.15, 0.2) is 0 Å². The Labute approximate surface area is 115 Å². The molecule has 0 aromatic carbocycles. The van der Waals surface area contributed by atoms with Crippen molar-refractivity contribution >= 4 is 0 Å². The van der Waals surface area contributed by atoms with Crippen LogP contribution in [-0.4, -0.2) is 12.1 Å². The highest BCUT2D eigenvalue weighted by Crippen LogP contribution is 2.40. The zero-order valence-corrected chi connectivity index (χ0v) is 13.7. The van der Waals surface area contributed by atoms with Gasteiger partial charge in [0.2, 0.25) is 0 Å². The summed E-state index contributed by atoms with van der Waals surface area (Å²) in [4.78, 5) is 0. The van der Waals surface area contributed by atoms with Crippen LogP contribution < -0.4 is 5.32 Å². The summed E-state index contributed by atoms with van der Waals surface area (Å²) < 4.78 is 0. The largest absolute Gasteiger partial charge is 0.312 e. The Morgan fingerprint density at radius 2 is 1.61 bits per heavy atom. The highest BCUT2D eigenvalue weighted by Gasteiger charge is 2.33. The third-order valence-corrected chi connectivity index (χ3v) is 4.78. The van der Waals surface area contributed by atoms with Gasteiger partial charge in [-0.15, -0.1) is 0 Å².